The van der Waals surface area contributed by atoms with Crippen LogP contribution in [0.3, 0.4) is 0 Å². The normalized spacial score (nSPS) is 20.3. The number of carbonyl (C=O) groups is 3. The van der Waals surface area contributed by atoms with Crippen molar-refractivity contribution in [1.29, 1.82) is 0 Å². The zero-order valence-electron chi connectivity index (χ0n) is 17.0. The Morgan fingerprint density at radius 2 is 1.91 bits per heavy atom. The van der Waals surface area contributed by atoms with Crippen LogP contribution >= 0.6 is 11.3 Å². The van der Waals surface area contributed by atoms with Crippen molar-refractivity contribution in [2.45, 2.75) is 24.4 Å². The molecule has 2 N–H and O–H groups in total. The summed E-state index contributed by atoms with van der Waals surface area (Å²) in [5.74, 6) is -1.25. The van der Waals surface area contributed by atoms with Crippen LogP contribution < -0.4 is 10.6 Å². The molecule has 1 aliphatic heterocycles. The molecule has 1 aromatic heterocycles. The number of benzene rings is 2. The third-order valence-corrected chi connectivity index (χ3v) is 7.00. The SMILES string of the molecule is O=C(CN1C(=O)NC2(CCc3ccccc32)C1=O)NC(c1ccc(F)cc1)c1cccs1. The fourth-order valence-corrected chi connectivity index (χ4v) is 5.32. The van der Waals surface area contributed by atoms with E-state index in [-0.39, 0.29) is 5.82 Å². The third kappa shape index (κ3) is 3.36. The molecule has 1 spiro atoms. The topological polar surface area (TPSA) is 78.5 Å². The lowest BCUT2D eigenvalue weighted by molar-refractivity contribution is -0.135. The molecule has 0 bridgehead atoms. The summed E-state index contributed by atoms with van der Waals surface area (Å²) >= 11 is 1.46. The van der Waals surface area contributed by atoms with Crippen LogP contribution in [-0.2, 0) is 21.5 Å². The molecule has 1 fully saturated rings. The summed E-state index contributed by atoms with van der Waals surface area (Å²) in [4.78, 5) is 40.7. The minimum Gasteiger partial charge on any atom is -0.343 e. The molecule has 0 saturated carbocycles. The second-order valence-corrected chi connectivity index (χ2v) is 8.93. The molecule has 4 amide bonds. The first-order chi connectivity index (χ1) is 15.5. The van der Waals surface area contributed by atoms with E-state index < -0.39 is 36.0 Å². The summed E-state index contributed by atoms with van der Waals surface area (Å²) in [7, 11) is 0. The Balaban J connectivity index is 1.36. The largest absolute Gasteiger partial charge is 0.343 e. The summed E-state index contributed by atoms with van der Waals surface area (Å²) < 4.78 is 13.4. The quantitative estimate of drug-likeness (QED) is 0.586. The number of urea groups is 1. The minimum atomic E-state index is -1.10. The predicted molar refractivity (Wildman–Crippen MR) is 117 cm³/mol. The second-order valence-electron chi connectivity index (χ2n) is 7.95. The van der Waals surface area contributed by atoms with Gasteiger partial charge in [-0.1, -0.05) is 42.5 Å². The number of imide groups is 1. The van der Waals surface area contributed by atoms with Gasteiger partial charge >= 0.3 is 6.03 Å². The summed E-state index contributed by atoms with van der Waals surface area (Å²) in [6, 6.07) is 16.1. The van der Waals surface area contributed by atoms with Crippen LogP contribution in [0, 0.1) is 5.82 Å². The van der Waals surface area contributed by atoms with E-state index in [2.05, 4.69) is 10.6 Å². The maximum absolute atomic E-state index is 13.4. The van der Waals surface area contributed by atoms with Gasteiger partial charge in [-0.15, -0.1) is 11.3 Å². The Morgan fingerprint density at radius 3 is 2.66 bits per heavy atom. The molecule has 6 nitrogen and oxygen atoms in total. The van der Waals surface area contributed by atoms with Crippen molar-refractivity contribution in [3.63, 3.8) is 0 Å². The molecule has 2 atom stereocenters. The lowest BCUT2D eigenvalue weighted by Crippen LogP contribution is -2.44. The van der Waals surface area contributed by atoms with Crippen LogP contribution in [0.4, 0.5) is 9.18 Å². The summed E-state index contributed by atoms with van der Waals surface area (Å²) in [6.07, 6.45) is 1.16. The number of thiophene rings is 1. The molecule has 1 saturated heterocycles. The van der Waals surface area contributed by atoms with Gasteiger partial charge in [0.05, 0.1) is 6.04 Å². The highest BCUT2D eigenvalue weighted by Gasteiger charge is 2.55. The monoisotopic (exact) mass is 449 g/mol. The van der Waals surface area contributed by atoms with Gasteiger partial charge in [-0.05, 0) is 53.1 Å². The fourth-order valence-electron chi connectivity index (χ4n) is 4.51. The van der Waals surface area contributed by atoms with E-state index in [0.717, 1.165) is 20.9 Å². The van der Waals surface area contributed by atoms with E-state index in [9.17, 15) is 18.8 Å². The van der Waals surface area contributed by atoms with Crippen molar-refractivity contribution in [3.05, 3.63) is 93.4 Å². The van der Waals surface area contributed by atoms with Crippen molar-refractivity contribution in [1.82, 2.24) is 15.5 Å². The number of nitrogens with one attached hydrogen (secondary N) is 2. The number of hydrogen-bond acceptors (Lipinski definition) is 4. The van der Waals surface area contributed by atoms with Crippen LogP contribution in [-0.4, -0.2) is 29.3 Å². The van der Waals surface area contributed by atoms with Gasteiger partial charge in [-0.3, -0.25) is 14.5 Å². The molecule has 162 valence electrons. The Labute approximate surface area is 188 Å². The molecular weight excluding hydrogens is 429 g/mol. The van der Waals surface area contributed by atoms with Gasteiger partial charge in [0.2, 0.25) is 5.91 Å². The van der Waals surface area contributed by atoms with E-state index in [1.165, 1.54) is 23.5 Å². The van der Waals surface area contributed by atoms with Gasteiger partial charge in [-0.25, -0.2) is 9.18 Å². The molecule has 3 aromatic rings. The van der Waals surface area contributed by atoms with Crippen LogP contribution in [0.15, 0.2) is 66.0 Å². The van der Waals surface area contributed by atoms with E-state index >= 15 is 0 Å². The Hall–Kier alpha value is -3.52. The molecule has 2 unspecified atom stereocenters. The first kappa shape index (κ1) is 20.4. The van der Waals surface area contributed by atoms with Crippen LogP contribution in [0.2, 0.25) is 0 Å². The zero-order valence-corrected chi connectivity index (χ0v) is 17.8. The number of halogens is 1. The predicted octanol–water partition coefficient (Wildman–Crippen LogP) is 3.49. The van der Waals surface area contributed by atoms with Crippen LogP contribution in [0.1, 0.15) is 34.0 Å². The Morgan fingerprint density at radius 1 is 1.12 bits per heavy atom. The highest BCUT2D eigenvalue weighted by atomic mass is 32.1. The number of fused-ring (bicyclic) bond motifs is 2. The minimum absolute atomic E-state index is 0.369. The first-order valence-corrected chi connectivity index (χ1v) is 11.2. The lowest BCUT2D eigenvalue weighted by Gasteiger charge is -2.23. The van der Waals surface area contributed by atoms with Crippen molar-refractivity contribution in [2.75, 3.05) is 6.54 Å². The van der Waals surface area contributed by atoms with Gasteiger partial charge in [0.1, 0.15) is 17.9 Å². The molecule has 1 aliphatic carbocycles. The molecule has 32 heavy (non-hydrogen) atoms. The van der Waals surface area contributed by atoms with Crippen molar-refractivity contribution in [2.24, 2.45) is 0 Å². The van der Waals surface area contributed by atoms with Crippen LogP contribution in [0.25, 0.3) is 0 Å². The molecule has 2 heterocycles. The molecular formula is C24H20FN3O3S. The molecule has 5 rings (SSSR count). The lowest BCUT2D eigenvalue weighted by atomic mass is 9.92. The highest BCUT2D eigenvalue weighted by Crippen LogP contribution is 2.41. The van der Waals surface area contributed by atoms with Gasteiger partial charge in [-0.2, -0.15) is 0 Å². The van der Waals surface area contributed by atoms with E-state index in [4.69, 9.17) is 0 Å². The summed E-state index contributed by atoms with van der Waals surface area (Å²) in [5, 5.41) is 7.61. The molecule has 0 radical (unpaired) electrons. The Bertz CT molecular complexity index is 1200. The fraction of sp³-hybridized carbons (Fsp3) is 0.208. The maximum atomic E-state index is 13.4. The number of aryl methyl sites for hydroxylation is 1. The van der Waals surface area contributed by atoms with E-state index in [1.807, 2.05) is 41.8 Å². The maximum Gasteiger partial charge on any atom is 0.325 e. The number of carbonyl (C=O) groups excluding carboxylic acids is 3. The van der Waals surface area contributed by atoms with Crippen molar-refractivity contribution < 1.29 is 18.8 Å². The molecule has 8 heteroatoms. The summed E-state index contributed by atoms with van der Waals surface area (Å²) in [5.41, 5.74) is 1.43. The van der Waals surface area contributed by atoms with Crippen molar-refractivity contribution >= 4 is 29.2 Å². The Kier molecular flexibility index (Phi) is 5.01. The van der Waals surface area contributed by atoms with E-state index in [0.29, 0.717) is 18.4 Å². The number of amides is 4. The van der Waals surface area contributed by atoms with Crippen molar-refractivity contribution in [3.8, 4) is 0 Å². The zero-order chi connectivity index (χ0) is 22.3. The smallest absolute Gasteiger partial charge is 0.325 e. The van der Waals surface area contributed by atoms with Crippen LogP contribution in [0.5, 0.6) is 0 Å². The third-order valence-electron chi connectivity index (χ3n) is 6.06. The standard InChI is InChI=1S/C24H20FN3O3S/c25-17-9-7-16(8-10-17)21(19-6-3-13-32-19)26-20(29)14-28-22(30)24(27-23(28)31)12-11-15-4-1-2-5-18(15)24/h1-10,13,21H,11-12,14H2,(H,26,29)(H,27,31). The highest BCUT2D eigenvalue weighted by molar-refractivity contribution is 7.10. The second kappa shape index (κ2) is 7.87. The number of hydrogen-bond donors (Lipinski definition) is 2. The van der Waals surface area contributed by atoms with Gasteiger partial charge < -0.3 is 10.6 Å². The molecule has 2 aliphatic rings. The van der Waals surface area contributed by atoms with Gasteiger partial charge in [0.15, 0.2) is 0 Å². The summed E-state index contributed by atoms with van der Waals surface area (Å²) in [6.45, 7) is -0.391. The molecule has 2 aromatic carbocycles. The van der Waals surface area contributed by atoms with E-state index in [1.54, 1.807) is 12.1 Å². The first-order valence-electron chi connectivity index (χ1n) is 10.3. The van der Waals surface area contributed by atoms with Gasteiger partial charge in [0.25, 0.3) is 5.91 Å². The average molecular weight is 450 g/mol. The number of rotatable bonds is 5. The number of nitrogens with zero attached hydrogens (tertiary/aromatic N) is 1. The van der Waals surface area contributed by atoms with Gasteiger partial charge in [0, 0.05) is 4.88 Å². The average Bonchev–Trinajstić information content (AvgIpc) is 3.50.